The molecule has 550 valence electrons. The number of nitrogens with zero attached hydrogens (tertiary/aromatic N) is 5. The van der Waals surface area contributed by atoms with Gasteiger partial charge in [-0.3, -0.25) is 0 Å². The number of hydrogen-bond acceptors (Lipinski definition) is 5. The normalized spacial score (nSPS) is 13.5. The summed E-state index contributed by atoms with van der Waals surface area (Å²) in [5.74, 6) is 0. The third-order valence-corrected chi connectivity index (χ3v) is 26.1. The molecule has 0 bridgehead atoms. The van der Waals surface area contributed by atoms with Gasteiger partial charge in [-0.25, -0.2) is 0 Å². The maximum absolute atomic E-state index is 2.70. The Bertz CT molecular complexity index is 5940. The van der Waals surface area contributed by atoms with E-state index in [2.05, 4.69) is 444 Å². The summed E-state index contributed by atoms with van der Waals surface area (Å²) in [5.41, 5.74) is 35.5. The molecule has 8 heteroatoms. The number of anilines is 15. The second-order valence-corrected chi connectivity index (χ2v) is 38.5. The van der Waals surface area contributed by atoms with Crippen molar-refractivity contribution in [3.05, 3.63) is 343 Å². The van der Waals surface area contributed by atoms with E-state index in [9.17, 15) is 0 Å². The molecule has 0 aromatic heterocycles. The van der Waals surface area contributed by atoms with E-state index in [-0.39, 0.29) is 55.5 Å². The van der Waals surface area contributed by atoms with Gasteiger partial charge in [0.05, 0.1) is 5.69 Å². The predicted molar refractivity (Wildman–Crippen MR) is 485 cm³/mol. The van der Waals surface area contributed by atoms with Crippen LogP contribution in [0.4, 0.5) is 85.3 Å². The monoisotopic (exact) mass is 1520 g/mol. The standard InChI is InChI=1S/C104H97B2N5Se/c1-100(2,3)70-42-52-75(53-43-70)107(88-38-26-22-34-82(88)68-30-18-16-19-31-68)80-62-93-98-94(63-80)110(78-58-48-73(49-59-78)103(10,11)12)91-67-92-87(66-86(91)105(98)84-36-24-28-40-90(84)109(93)77-56-46-72(47-57-77)102(7,8)9)106-85-37-25-29-41-96(85)112-97-65-81(64-95(99(97)106)111(92)79-60-50-74(51-61-79)104(13,14)15)108(76-54-44-71(45-55-76)101(4,5)6)89-39-27-23-35-83(89)69-32-20-17-21-33-69/h16-67H,1-15H3. The molecular formula is C104H97B2N5Se. The van der Waals surface area contributed by atoms with Gasteiger partial charge in [-0.1, -0.05) is 135 Å². The first-order valence-corrected chi connectivity index (χ1v) is 41.7. The van der Waals surface area contributed by atoms with Crippen LogP contribution in [0.15, 0.2) is 315 Å². The number of para-hydroxylation sites is 3. The minimum absolute atomic E-state index is 0.0341. The van der Waals surface area contributed by atoms with E-state index in [4.69, 9.17) is 0 Å². The Balaban J connectivity index is 0.958. The van der Waals surface area contributed by atoms with Gasteiger partial charge in [0.1, 0.15) is 0 Å². The molecule has 0 amide bonds. The zero-order chi connectivity index (χ0) is 77.5. The van der Waals surface area contributed by atoms with Gasteiger partial charge in [-0.15, -0.1) is 0 Å². The maximum atomic E-state index is 2.70. The molecule has 14 aromatic rings. The van der Waals surface area contributed by atoms with Crippen molar-refractivity contribution in [2.24, 2.45) is 0 Å². The molecular weight excluding hydrogens is 1420 g/mol. The van der Waals surface area contributed by atoms with Crippen LogP contribution in [0.5, 0.6) is 0 Å². The Hall–Kier alpha value is -11.3. The fraction of sp³-hybridized carbons (Fsp3) is 0.192. The summed E-state index contributed by atoms with van der Waals surface area (Å²) >= 11 is -0.0656. The molecule has 0 atom stereocenters. The van der Waals surface area contributed by atoms with E-state index in [1.165, 1.54) is 92.0 Å². The first-order chi connectivity index (χ1) is 53.7. The van der Waals surface area contributed by atoms with Crippen LogP contribution in [-0.2, 0) is 27.1 Å². The van der Waals surface area contributed by atoms with Crippen molar-refractivity contribution in [2.75, 3.05) is 24.5 Å². The third-order valence-electron chi connectivity index (χ3n) is 23.7. The van der Waals surface area contributed by atoms with Crippen LogP contribution in [0.2, 0.25) is 0 Å². The van der Waals surface area contributed by atoms with Crippen molar-refractivity contribution in [3.63, 3.8) is 0 Å². The summed E-state index contributed by atoms with van der Waals surface area (Å²) in [6.45, 7) is 34.5. The van der Waals surface area contributed by atoms with E-state index in [0.29, 0.717) is 0 Å². The van der Waals surface area contributed by atoms with Crippen LogP contribution in [0.25, 0.3) is 22.3 Å². The number of hydrogen-bond donors (Lipinski definition) is 0. The minimum atomic E-state index is -0.199. The van der Waals surface area contributed by atoms with Gasteiger partial charge >= 0.3 is 473 Å². The number of benzene rings is 14. The summed E-state index contributed by atoms with van der Waals surface area (Å²) in [7, 11) is 0. The molecule has 5 nitrogen and oxygen atoms in total. The molecule has 4 aliphatic heterocycles. The molecule has 4 aliphatic rings. The summed E-state index contributed by atoms with van der Waals surface area (Å²) < 4.78 is 2.80. The first kappa shape index (κ1) is 72.3. The van der Waals surface area contributed by atoms with Gasteiger partial charge in [0.15, 0.2) is 0 Å². The van der Waals surface area contributed by atoms with Gasteiger partial charge in [-0.05, 0) is 51.1 Å². The second kappa shape index (κ2) is 27.3. The third kappa shape index (κ3) is 12.7. The Morgan fingerprint density at radius 1 is 0.241 bits per heavy atom. The molecule has 0 saturated heterocycles. The summed E-state index contributed by atoms with van der Waals surface area (Å²) in [5, 5.41) is 0. The van der Waals surface area contributed by atoms with Crippen molar-refractivity contribution >= 4 is 155 Å². The SMILES string of the molecule is CC(C)(C)c1ccc(N(c2cc3c4c(c2)N(c2ccc(C(C)(C)C)cc2)c2cc5c(cc2B4c2ccccc2[Se]3)B2c3ccccc3N(c3ccc(C(C)(C)C)cc3)c3cc(N(c4ccc(C(C)(C)C)cc4)c4ccccc4-c4ccccc4)cc(c32)N5c2ccc(C(C)(C)C)cc2)c2ccccc2-c2ccccc2)cc1. The predicted octanol–water partition coefficient (Wildman–Crippen LogP) is 22.8. The van der Waals surface area contributed by atoms with Crippen molar-refractivity contribution < 1.29 is 0 Å². The summed E-state index contributed by atoms with van der Waals surface area (Å²) in [6, 6.07) is 122. The van der Waals surface area contributed by atoms with E-state index in [1.807, 2.05) is 0 Å². The molecule has 112 heavy (non-hydrogen) atoms. The Labute approximate surface area is 671 Å². The van der Waals surface area contributed by atoms with Crippen LogP contribution < -0.4 is 66.2 Å². The van der Waals surface area contributed by atoms with Crippen molar-refractivity contribution in [1.82, 2.24) is 0 Å². The quantitative estimate of drug-likeness (QED) is 0.120. The Kier molecular flexibility index (Phi) is 17.6. The fourth-order valence-electron chi connectivity index (χ4n) is 17.7. The van der Waals surface area contributed by atoms with Crippen molar-refractivity contribution in [1.29, 1.82) is 0 Å². The zero-order valence-electron chi connectivity index (χ0n) is 67.3. The van der Waals surface area contributed by atoms with Crippen LogP contribution in [0.3, 0.4) is 0 Å². The first-order valence-electron chi connectivity index (χ1n) is 39.9. The van der Waals surface area contributed by atoms with Crippen molar-refractivity contribution in [3.8, 4) is 22.3 Å². The number of rotatable bonds is 11. The molecule has 18 rings (SSSR count). The molecule has 0 N–H and O–H groups in total. The average Bonchev–Trinajstić information content (AvgIpc) is 0.683. The fourth-order valence-corrected chi connectivity index (χ4v) is 20.2. The van der Waals surface area contributed by atoms with Crippen LogP contribution >= 0.6 is 0 Å². The molecule has 0 fully saturated rings. The zero-order valence-corrected chi connectivity index (χ0v) is 69.0. The van der Waals surface area contributed by atoms with Crippen molar-refractivity contribution in [2.45, 2.75) is 131 Å². The van der Waals surface area contributed by atoms with E-state index >= 15 is 0 Å². The van der Waals surface area contributed by atoms with Crippen LogP contribution in [-0.4, -0.2) is 28.4 Å². The van der Waals surface area contributed by atoms with Gasteiger partial charge in [0, 0.05) is 11.3 Å². The van der Waals surface area contributed by atoms with E-state index in [1.54, 1.807) is 0 Å². The van der Waals surface area contributed by atoms with Crippen LogP contribution in [0.1, 0.15) is 132 Å². The Morgan fingerprint density at radius 2 is 0.571 bits per heavy atom. The summed E-state index contributed by atoms with van der Waals surface area (Å²) in [6.07, 6.45) is 0. The van der Waals surface area contributed by atoms with Gasteiger partial charge in [-0.2, -0.15) is 0 Å². The molecule has 14 aromatic carbocycles. The van der Waals surface area contributed by atoms with E-state index in [0.717, 1.165) is 85.1 Å². The van der Waals surface area contributed by atoms with Gasteiger partial charge < -0.3 is 0 Å². The molecule has 0 radical (unpaired) electrons. The van der Waals surface area contributed by atoms with Gasteiger partial charge in [0.2, 0.25) is 0 Å². The molecule has 0 saturated carbocycles. The van der Waals surface area contributed by atoms with Crippen LogP contribution in [0, 0.1) is 0 Å². The van der Waals surface area contributed by atoms with Gasteiger partial charge in [0.25, 0.3) is 0 Å². The average molecular weight is 1520 g/mol. The van der Waals surface area contributed by atoms with E-state index < -0.39 is 0 Å². The molecule has 0 unspecified atom stereocenters. The number of fused-ring (bicyclic) bond motifs is 8. The molecule has 0 aliphatic carbocycles. The molecule has 4 heterocycles. The molecule has 0 spiro atoms. The second-order valence-electron chi connectivity index (χ2n) is 36.2. The topological polar surface area (TPSA) is 16.2 Å². The Morgan fingerprint density at radius 3 is 0.991 bits per heavy atom. The summed E-state index contributed by atoms with van der Waals surface area (Å²) in [4.78, 5) is 13.0.